The Morgan fingerprint density at radius 1 is 1.22 bits per heavy atom. The third-order valence-corrected chi connectivity index (χ3v) is 4.19. The van der Waals surface area contributed by atoms with E-state index in [0.29, 0.717) is 0 Å². The van der Waals surface area contributed by atoms with Crippen LogP contribution in [0.5, 0.6) is 5.75 Å². The lowest BCUT2D eigenvalue weighted by Gasteiger charge is -2.02. The van der Waals surface area contributed by atoms with Crippen LogP contribution in [0.4, 0.5) is 0 Å². The van der Waals surface area contributed by atoms with Crippen LogP contribution in [0.25, 0.3) is 0 Å². The van der Waals surface area contributed by atoms with Crippen LogP contribution in [0.15, 0.2) is 40.9 Å². The lowest BCUT2D eigenvalue weighted by Crippen LogP contribution is -2.11. The van der Waals surface area contributed by atoms with Crippen molar-refractivity contribution >= 4 is 29.2 Å². The predicted octanol–water partition coefficient (Wildman–Crippen LogP) is 4.20. The van der Waals surface area contributed by atoms with Crippen LogP contribution in [-0.2, 0) is 9.53 Å². The maximum atomic E-state index is 12.0. The second-order valence-corrected chi connectivity index (χ2v) is 6.85. The van der Waals surface area contributed by atoms with Gasteiger partial charge in [0.25, 0.3) is 0 Å². The number of rotatable bonds is 5. The molecular formula is C18H18Cl2O3. The van der Waals surface area contributed by atoms with E-state index in [1.165, 1.54) is 0 Å². The van der Waals surface area contributed by atoms with Crippen LogP contribution >= 0.6 is 23.2 Å². The average molecular weight is 353 g/mol. The van der Waals surface area contributed by atoms with E-state index in [2.05, 4.69) is 11.8 Å². The summed E-state index contributed by atoms with van der Waals surface area (Å²) >= 11 is 11.3. The number of ether oxygens (including phenoxy) is 2. The van der Waals surface area contributed by atoms with Gasteiger partial charge in [0.15, 0.2) is 6.61 Å². The van der Waals surface area contributed by atoms with E-state index in [9.17, 15) is 4.79 Å². The van der Waals surface area contributed by atoms with Crippen molar-refractivity contribution in [3.8, 4) is 17.6 Å². The van der Waals surface area contributed by atoms with Gasteiger partial charge in [0.05, 0.1) is 5.92 Å². The summed E-state index contributed by atoms with van der Waals surface area (Å²) in [6.45, 7) is 4.27. The molecule has 2 rings (SSSR count). The molecule has 1 aromatic carbocycles. The Labute approximate surface area is 146 Å². The maximum Gasteiger partial charge on any atom is 0.311 e. The lowest BCUT2D eigenvalue weighted by atomic mass is 10.1. The van der Waals surface area contributed by atoms with E-state index in [0.717, 1.165) is 5.75 Å². The van der Waals surface area contributed by atoms with Crippen molar-refractivity contribution < 1.29 is 14.3 Å². The fraction of sp³-hybridized carbons (Fsp3) is 0.389. The van der Waals surface area contributed by atoms with E-state index >= 15 is 0 Å². The molecule has 23 heavy (non-hydrogen) atoms. The molecule has 0 aliphatic heterocycles. The summed E-state index contributed by atoms with van der Waals surface area (Å²) in [5.41, 5.74) is -0.185. The number of hydrogen-bond donors (Lipinski definition) is 0. The molecule has 0 radical (unpaired) electrons. The third kappa shape index (κ3) is 4.92. The Morgan fingerprint density at radius 3 is 2.52 bits per heavy atom. The molecule has 5 heteroatoms. The first-order chi connectivity index (χ1) is 10.9. The summed E-state index contributed by atoms with van der Waals surface area (Å²) in [5.74, 6) is 5.84. The van der Waals surface area contributed by atoms with E-state index in [-0.39, 0.29) is 40.9 Å². The Bertz CT molecular complexity index is 637. The van der Waals surface area contributed by atoms with E-state index in [4.69, 9.17) is 32.7 Å². The van der Waals surface area contributed by atoms with Gasteiger partial charge in [0, 0.05) is 0 Å². The largest absolute Gasteiger partial charge is 0.481 e. The van der Waals surface area contributed by atoms with Crippen LogP contribution in [0.2, 0.25) is 0 Å². The topological polar surface area (TPSA) is 35.5 Å². The highest BCUT2D eigenvalue weighted by Gasteiger charge is 2.61. The Hall–Kier alpha value is -1.63. The molecule has 0 heterocycles. The number of carbonyl (C=O) groups is 1. The van der Waals surface area contributed by atoms with Gasteiger partial charge < -0.3 is 9.47 Å². The number of para-hydroxylation sites is 1. The monoisotopic (exact) mass is 352 g/mol. The average Bonchev–Trinajstić information content (AvgIpc) is 3.03. The van der Waals surface area contributed by atoms with E-state index in [1.54, 1.807) is 6.08 Å². The molecule has 0 saturated heterocycles. The summed E-state index contributed by atoms with van der Waals surface area (Å²) in [7, 11) is 0. The molecule has 0 unspecified atom stereocenters. The van der Waals surface area contributed by atoms with Crippen molar-refractivity contribution in [2.45, 2.75) is 13.8 Å². The van der Waals surface area contributed by atoms with Crippen molar-refractivity contribution in [3.63, 3.8) is 0 Å². The molecule has 1 fully saturated rings. The van der Waals surface area contributed by atoms with Crippen molar-refractivity contribution in [2.75, 3.05) is 13.2 Å². The minimum atomic E-state index is -0.274. The molecule has 1 saturated carbocycles. The Kier molecular flexibility index (Phi) is 5.98. The second-order valence-electron chi connectivity index (χ2n) is 5.84. The smallest absolute Gasteiger partial charge is 0.311 e. The first-order valence-electron chi connectivity index (χ1n) is 7.26. The minimum absolute atomic E-state index is 0.00868. The maximum absolute atomic E-state index is 12.0. The molecule has 0 aromatic heterocycles. The SMILES string of the molecule is CC1(C)[C@H](C(=O)OCC#CCOc2ccccc2)[C@@H]1C=C(Cl)Cl. The first kappa shape index (κ1) is 17.7. The predicted molar refractivity (Wildman–Crippen MR) is 91.2 cm³/mol. The van der Waals surface area contributed by atoms with Gasteiger partial charge in [-0.3, -0.25) is 4.79 Å². The molecule has 0 N–H and O–H groups in total. The molecule has 1 aliphatic rings. The summed E-state index contributed by atoms with van der Waals surface area (Å²) in [5, 5.41) is 0. The fourth-order valence-corrected chi connectivity index (χ4v) is 2.78. The van der Waals surface area contributed by atoms with Gasteiger partial charge in [-0.05, 0) is 29.5 Å². The fourth-order valence-electron chi connectivity index (χ4n) is 2.51. The number of carbonyl (C=O) groups excluding carboxylic acids is 1. The van der Waals surface area contributed by atoms with Crippen molar-refractivity contribution in [1.82, 2.24) is 0 Å². The van der Waals surface area contributed by atoms with Gasteiger partial charge in [0.2, 0.25) is 0 Å². The van der Waals surface area contributed by atoms with Gasteiger partial charge >= 0.3 is 5.97 Å². The summed E-state index contributed by atoms with van der Waals surface area (Å²) < 4.78 is 10.8. The number of benzene rings is 1. The zero-order valence-corrected chi connectivity index (χ0v) is 14.5. The molecule has 2 atom stereocenters. The molecule has 122 valence electrons. The van der Waals surface area contributed by atoms with Crippen molar-refractivity contribution in [3.05, 3.63) is 40.9 Å². The summed E-state index contributed by atoms with van der Waals surface area (Å²) in [6.07, 6.45) is 1.69. The minimum Gasteiger partial charge on any atom is -0.481 e. The first-order valence-corrected chi connectivity index (χ1v) is 8.01. The van der Waals surface area contributed by atoms with Gasteiger partial charge in [-0.25, -0.2) is 0 Å². The van der Waals surface area contributed by atoms with Crippen molar-refractivity contribution in [1.29, 1.82) is 0 Å². The van der Waals surface area contributed by atoms with Crippen LogP contribution in [-0.4, -0.2) is 19.2 Å². The van der Waals surface area contributed by atoms with E-state index < -0.39 is 0 Å². The highest BCUT2D eigenvalue weighted by atomic mass is 35.5. The summed E-state index contributed by atoms with van der Waals surface area (Å²) in [6, 6.07) is 9.40. The molecule has 1 aliphatic carbocycles. The van der Waals surface area contributed by atoms with Gasteiger partial charge in [-0.15, -0.1) is 0 Å². The molecule has 0 spiro atoms. The standard InChI is InChI=1S/C18H18Cl2O3/c1-18(2)14(12-15(19)20)16(18)17(21)23-11-7-6-10-22-13-8-4-3-5-9-13/h3-5,8-9,12,14,16H,10-11H2,1-2H3/t14-,16-/m0/s1. The van der Waals surface area contributed by atoms with Crippen LogP contribution < -0.4 is 4.74 Å². The number of hydrogen-bond acceptors (Lipinski definition) is 3. The highest BCUT2D eigenvalue weighted by Crippen LogP contribution is 2.60. The van der Waals surface area contributed by atoms with Gasteiger partial charge in [-0.2, -0.15) is 0 Å². The zero-order valence-electron chi connectivity index (χ0n) is 13.0. The Morgan fingerprint density at radius 2 is 1.87 bits per heavy atom. The van der Waals surface area contributed by atoms with Crippen LogP contribution in [0.1, 0.15) is 13.8 Å². The van der Waals surface area contributed by atoms with Gasteiger partial charge in [-0.1, -0.05) is 67.1 Å². The van der Waals surface area contributed by atoms with Crippen molar-refractivity contribution in [2.24, 2.45) is 17.3 Å². The normalized spacial score (nSPS) is 20.7. The lowest BCUT2D eigenvalue weighted by molar-refractivity contribution is -0.144. The zero-order chi connectivity index (χ0) is 16.9. The number of allylic oxidation sites excluding steroid dienone is 1. The van der Waals surface area contributed by atoms with Crippen LogP contribution in [0, 0.1) is 29.1 Å². The Balaban J connectivity index is 1.72. The third-order valence-electron chi connectivity index (χ3n) is 3.94. The van der Waals surface area contributed by atoms with E-state index in [1.807, 2.05) is 44.2 Å². The van der Waals surface area contributed by atoms with Crippen LogP contribution in [0.3, 0.4) is 0 Å². The molecule has 0 bridgehead atoms. The molecule has 3 nitrogen and oxygen atoms in total. The molecule has 1 aromatic rings. The number of esters is 1. The number of halogens is 2. The molecule has 0 amide bonds. The highest BCUT2D eigenvalue weighted by molar-refractivity contribution is 6.55. The van der Waals surface area contributed by atoms with Gasteiger partial charge in [0.1, 0.15) is 16.8 Å². The molecular weight excluding hydrogens is 335 g/mol. The quantitative estimate of drug-likeness (QED) is 0.588. The second kappa shape index (κ2) is 7.77. The summed E-state index contributed by atoms with van der Waals surface area (Å²) in [4.78, 5) is 12.0.